The van der Waals surface area contributed by atoms with Crippen molar-refractivity contribution in [2.24, 2.45) is 28.4 Å². The third kappa shape index (κ3) is 10.2. The van der Waals surface area contributed by atoms with Gasteiger partial charge in [0.05, 0.1) is 11.0 Å². The van der Waals surface area contributed by atoms with Crippen molar-refractivity contribution in [2.45, 2.75) is 124 Å². The molecule has 1 aromatic rings. The van der Waals surface area contributed by atoms with Crippen LogP contribution < -0.4 is 27.0 Å². The van der Waals surface area contributed by atoms with E-state index in [9.17, 15) is 24.0 Å². The van der Waals surface area contributed by atoms with Crippen LogP contribution in [0.3, 0.4) is 0 Å². The smallest absolute Gasteiger partial charge is 0.312 e. The van der Waals surface area contributed by atoms with Gasteiger partial charge in [-0.2, -0.15) is 0 Å². The highest BCUT2D eigenvalue weighted by atomic mass is 16.5. The first-order valence-corrected chi connectivity index (χ1v) is 17.3. The Bertz CT molecular complexity index is 1290. The molecular weight excluding hydrogens is 614 g/mol. The van der Waals surface area contributed by atoms with Gasteiger partial charge in [-0.25, -0.2) is 4.79 Å². The lowest BCUT2D eigenvalue weighted by Gasteiger charge is -2.68. The first-order valence-electron chi connectivity index (χ1n) is 17.3. The molecule has 0 aromatic heterocycles. The van der Waals surface area contributed by atoms with E-state index in [0.29, 0.717) is 24.6 Å². The number of esters is 1. The van der Waals surface area contributed by atoms with E-state index in [4.69, 9.17) is 15.2 Å². The van der Waals surface area contributed by atoms with E-state index in [0.717, 1.165) is 44.1 Å². The third-order valence-corrected chi connectivity index (χ3v) is 9.96. The number of amides is 5. The van der Waals surface area contributed by atoms with Gasteiger partial charge < -0.3 is 36.5 Å². The fourth-order valence-corrected chi connectivity index (χ4v) is 7.02. The Morgan fingerprint density at radius 1 is 0.917 bits per heavy atom. The zero-order chi connectivity index (χ0) is 35.7. The number of urea groups is 1. The molecule has 3 rings (SSSR count). The average molecular weight is 672 g/mol. The van der Waals surface area contributed by atoms with Crippen molar-refractivity contribution in [1.29, 1.82) is 0 Å². The number of rotatable bonds is 19. The number of carbonyl (C=O) groups excluding carboxylic acids is 5. The number of primary amides is 1. The molecule has 1 aromatic carbocycles. The van der Waals surface area contributed by atoms with Crippen molar-refractivity contribution in [1.82, 2.24) is 16.0 Å². The Morgan fingerprint density at radius 2 is 1.56 bits per heavy atom. The molecule has 12 nitrogen and oxygen atoms in total. The molecule has 2 saturated carbocycles. The lowest BCUT2D eigenvalue weighted by Crippen LogP contribution is -2.69. The SMILES string of the molecule is CC(=O)OCc1ccc(NC(=O)C(CCCNC(N)=O)NC(=O)C(NC(=O)C23CCC2(CC(C)(C)OCCC(C)C)CC3)C(C)C)cc1. The molecule has 2 aliphatic rings. The third-order valence-electron chi connectivity index (χ3n) is 9.96. The molecule has 2 unspecified atom stereocenters. The predicted molar refractivity (Wildman–Crippen MR) is 183 cm³/mol. The number of nitrogens with two attached hydrogens (primary N) is 1. The van der Waals surface area contributed by atoms with Crippen LogP contribution in [0.2, 0.25) is 0 Å². The molecule has 0 heterocycles. The van der Waals surface area contributed by atoms with Crippen LogP contribution in [0.25, 0.3) is 0 Å². The van der Waals surface area contributed by atoms with E-state index in [-0.39, 0.29) is 42.4 Å². The minimum absolute atomic E-state index is 0.104. The predicted octanol–water partition coefficient (Wildman–Crippen LogP) is 4.55. The summed E-state index contributed by atoms with van der Waals surface area (Å²) < 4.78 is 11.3. The zero-order valence-electron chi connectivity index (χ0n) is 29.8. The first kappa shape index (κ1) is 38.8. The van der Waals surface area contributed by atoms with Crippen molar-refractivity contribution in [3.63, 3.8) is 0 Å². The Balaban J connectivity index is 1.68. The minimum Gasteiger partial charge on any atom is -0.461 e. The molecule has 48 heavy (non-hydrogen) atoms. The Morgan fingerprint density at radius 3 is 2.08 bits per heavy atom. The summed E-state index contributed by atoms with van der Waals surface area (Å²) in [5, 5.41) is 11.3. The van der Waals surface area contributed by atoms with E-state index in [2.05, 4.69) is 49.0 Å². The molecule has 0 radical (unpaired) electrons. The zero-order valence-corrected chi connectivity index (χ0v) is 29.8. The largest absolute Gasteiger partial charge is 0.461 e. The molecule has 0 bridgehead atoms. The molecule has 5 amide bonds. The molecular formula is C36H57N5O7. The average Bonchev–Trinajstić information content (AvgIpc) is 2.99. The highest BCUT2D eigenvalue weighted by molar-refractivity contribution is 5.99. The Labute approximate surface area is 285 Å². The van der Waals surface area contributed by atoms with Gasteiger partial charge in [0.25, 0.3) is 0 Å². The number of fused-ring (bicyclic) bond motifs is 1. The van der Waals surface area contributed by atoms with Gasteiger partial charge in [0.15, 0.2) is 0 Å². The summed E-state index contributed by atoms with van der Waals surface area (Å²) in [6.45, 7) is 14.7. The van der Waals surface area contributed by atoms with Crippen LogP contribution in [-0.4, -0.2) is 60.6 Å². The number of benzene rings is 1. The molecule has 2 fully saturated rings. The maximum Gasteiger partial charge on any atom is 0.312 e. The van der Waals surface area contributed by atoms with Crippen molar-refractivity contribution >= 4 is 35.4 Å². The van der Waals surface area contributed by atoms with Crippen LogP contribution in [0, 0.1) is 22.7 Å². The molecule has 0 spiro atoms. The number of anilines is 1. The van der Waals surface area contributed by atoms with Crippen LogP contribution >= 0.6 is 0 Å². The number of hydrogen-bond donors (Lipinski definition) is 5. The Hall–Kier alpha value is -3.67. The van der Waals surface area contributed by atoms with Crippen molar-refractivity contribution < 1.29 is 33.4 Å². The van der Waals surface area contributed by atoms with Crippen LogP contribution in [0.5, 0.6) is 0 Å². The van der Waals surface area contributed by atoms with E-state index in [1.54, 1.807) is 24.3 Å². The molecule has 0 saturated heterocycles. The van der Waals surface area contributed by atoms with Crippen LogP contribution in [0.4, 0.5) is 10.5 Å². The van der Waals surface area contributed by atoms with Crippen LogP contribution in [0.1, 0.15) is 105 Å². The quantitative estimate of drug-likeness (QED) is 0.106. The molecule has 6 N–H and O–H groups in total. The maximum absolute atomic E-state index is 14.0. The van der Waals surface area contributed by atoms with Gasteiger partial charge in [0.2, 0.25) is 17.7 Å². The van der Waals surface area contributed by atoms with Gasteiger partial charge in [-0.05, 0) is 100 Å². The van der Waals surface area contributed by atoms with Crippen molar-refractivity contribution in [2.75, 3.05) is 18.5 Å². The topological polar surface area (TPSA) is 178 Å². The van der Waals surface area contributed by atoms with Crippen molar-refractivity contribution in [3.05, 3.63) is 29.8 Å². The van der Waals surface area contributed by atoms with Gasteiger partial charge in [0, 0.05) is 25.8 Å². The monoisotopic (exact) mass is 671 g/mol. The highest BCUT2D eigenvalue weighted by Crippen LogP contribution is 2.73. The summed E-state index contributed by atoms with van der Waals surface area (Å²) >= 11 is 0. The summed E-state index contributed by atoms with van der Waals surface area (Å²) in [4.78, 5) is 63.5. The van der Waals surface area contributed by atoms with Gasteiger partial charge in [-0.15, -0.1) is 0 Å². The minimum atomic E-state index is -0.945. The van der Waals surface area contributed by atoms with Gasteiger partial charge in [-0.1, -0.05) is 39.8 Å². The highest BCUT2D eigenvalue weighted by Gasteiger charge is 2.70. The van der Waals surface area contributed by atoms with Crippen molar-refractivity contribution in [3.8, 4) is 0 Å². The normalized spacial score (nSPS) is 21.2. The molecule has 268 valence electrons. The summed E-state index contributed by atoms with van der Waals surface area (Å²) in [6, 6.07) is 4.35. The number of hydrogen-bond acceptors (Lipinski definition) is 7. The fraction of sp³-hybridized carbons (Fsp3) is 0.694. The van der Waals surface area contributed by atoms with E-state index >= 15 is 0 Å². The first-order chi connectivity index (χ1) is 22.5. The standard InChI is InChI=1S/C36H57N5O7/c1-23(2)14-20-48-34(6,7)22-35-15-17-36(35,18-16-35)32(45)41-29(24(3)4)31(44)40-28(9-8-19-38-33(37)46)30(43)39-27-12-10-26(11-13-27)21-47-25(5)42/h10-13,23-24,28-29H,8-9,14-22H2,1-7H3,(H,39,43)(H,40,44)(H,41,45)(H3,37,38,46). The molecule has 2 atom stereocenters. The second-order valence-electron chi connectivity index (χ2n) is 15.0. The van der Waals surface area contributed by atoms with E-state index in [1.165, 1.54) is 6.92 Å². The maximum atomic E-state index is 14.0. The molecule has 2 aliphatic carbocycles. The fourth-order valence-electron chi connectivity index (χ4n) is 7.02. The van der Waals surface area contributed by atoms with Gasteiger partial charge in [0.1, 0.15) is 18.7 Å². The van der Waals surface area contributed by atoms with Crippen LogP contribution in [0.15, 0.2) is 24.3 Å². The number of carbonyl (C=O) groups is 5. The van der Waals surface area contributed by atoms with Crippen LogP contribution in [-0.2, 0) is 35.3 Å². The number of nitrogens with one attached hydrogen (secondary N) is 4. The molecule has 0 aliphatic heterocycles. The van der Waals surface area contributed by atoms with E-state index in [1.807, 2.05) is 13.8 Å². The van der Waals surface area contributed by atoms with E-state index < -0.39 is 41.3 Å². The van der Waals surface area contributed by atoms with Gasteiger partial charge >= 0.3 is 12.0 Å². The molecule has 12 heteroatoms. The second kappa shape index (κ2) is 16.6. The summed E-state index contributed by atoms with van der Waals surface area (Å²) in [6.07, 6.45) is 5.86. The lowest BCUT2D eigenvalue weighted by atomic mass is 9.35. The number of ether oxygens (including phenoxy) is 2. The summed E-state index contributed by atoms with van der Waals surface area (Å²) in [7, 11) is 0. The second-order valence-corrected chi connectivity index (χ2v) is 15.0. The summed E-state index contributed by atoms with van der Waals surface area (Å²) in [5.41, 5.74) is 5.43. The lowest BCUT2D eigenvalue weighted by molar-refractivity contribution is -0.215. The Kier molecular flexibility index (Phi) is 13.4. The summed E-state index contributed by atoms with van der Waals surface area (Å²) in [5.74, 6) is -1.07. The van der Waals surface area contributed by atoms with Gasteiger partial charge in [-0.3, -0.25) is 19.2 Å².